The zero-order valence-corrected chi connectivity index (χ0v) is 5.31. The molecule has 1 rings (SSSR count). The lowest BCUT2D eigenvalue weighted by atomic mass is 10.3. The molecule has 0 aromatic heterocycles. The van der Waals surface area contributed by atoms with Crippen molar-refractivity contribution in [1.82, 2.24) is 0 Å². The van der Waals surface area contributed by atoms with E-state index in [-0.39, 0.29) is 5.69 Å². The largest absolute Gasteiger partial charge is 0.503 e. The molecule has 0 aliphatic heterocycles. The van der Waals surface area contributed by atoms with Crippen LogP contribution in [0.2, 0.25) is 0 Å². The molecule has 1 aromatic rings. The van der Waals surface area contributed by atoms with Gasteiger partial charge in [0.25, 0.3) is 0 Å². The van der Waals surface area contributed by atoms with Crippen LogP contribution in [-0.4, -0.2) is 5.11 Å². The Hall–Kier alpha value is -1.63. The number of hydrogen-bond acceptors (Lipinski definition) is 1. The van der Waals surface area contributed by atoms with Gasteiger partial charge in [0.2, 0.25) is 0 Å². The normalized spacial score (nSPS) is 9.18. The Balaban J connectivity index is 3.35. The van der Waals surface area contributed by atoms with Gasteiger partial charge in [0.15, 0.2) is 23.1 Å². The second-order valence-corrected chi connectivity index (χ2v) is 1.87. The number of aromatic hydroxyl groups is 1. The van der Waals surface area contributed by atoms with Crippen LogP contribution >= 0.6 is 0 Å². The first kappa shape index (κ1) is 7.48. The summed E-state index contributed by atoms with van der Waals surface area (Å²) >= 11 is 0. The van der Waals surface area contributed by atoms with Crippen molar-refractivity contribution < 1.29 is 13.9 Å². The van der Waals surface area contributed by atoms with Gasteiger partial charge in [0, 0.05) is 0 Å². The molecule has 0 atom stereocenters. The molecule has 1 N–H and O–H groups in total. The van der Waals surface area contributed by atoms with Crippen LogP contribution in [0.15, 0.2) is 12.1 Å². The van der Waals surface area contributed by atoms with Crippen molar-refractivity contribution >= 4 is 5.69 Å². The fraction of sp³-hybridized carbons (Fsp3) is 0. The van der Waals surface area contributed by atoms with Gasteiger partial charge in [-0.2, -0.15) is 0 Å². The van der Waals surface area contributed by atoms with E-state index in [1.54, 1.807) is 0 Å². The molecule has 0 saturated heterocycles. The summed E-state index contributed by atoms with van der Waals surface area (Å²) in [5.41, 5.74) is -0.169. The van der Waals surface area contributed by atoms with Crippen LogP contribution in [0.3, 0.4) is 0 Å². The quantitative estimate of drug-likeness (QED) is 0.571. The zero-order valence-electron chi connectivity index (χ0n) is 5.31. The number of halogens is 2. The van der Waals surface area contributed by atoms with Crippen molar-refractivity contribution in [3.05, 3.63) is 35.2 Å². The zero-order chi connectivity index (χ0) is 8.43. The van der Waals surface area contributed by atoms with Crippen LogP contribution in [0.1, 0.15) is 0 Å². The van der Waals surface area contributed by atoms with E-state index in [0.29, 0.717) is 0 Å². The molecule has 11 heavy (non-hydrogen) atoms. The molecule has 1 aromatic carbocycles. The van der Waals surface area contributed by atoms with Gasteiger partial charge in [-0.1, -0.05) is 0 Å². The number of rotatable bonds is 0. The van der Waals surface area contributed by atoms with Gasteiger partial charge >= 0.3 is 0 Å². The average Bonchev–Trinajstić information content (AvgIpc) is 1.99. The highest BCUT2D eigenvalue weighted by Crippen LogP contribution is 2.25. The fourth-order valence-electron chi connectivity index (χ4n) is 0.617. The van der Waals surface area contributed by atoms with E-state index in [1.165, 1.54) is 0 Å². The van der Waals surface area contributed by atoms with E-state index in [4.69, 9.17) is 11.7 Å². The smallest absolute Gasteiger partial charge is 0.193 e. The summed E-state index contributed by atoms with van der Waals surface area (Å²) in [5.74, 6) is -3.27. The highest BCUT2D eigenvalue weighted by molar-refractivity contribution is 5.48. The minimum atomic E-state index is -1.11. The second-order valence-electron chi connectivity index (χ2n) is 1.87. The lowest BCUT2D eigenvalue weighted by Gasteiger charge is -1.96. The summed E-state index contributed by atoms with van der Waals surface area (Å²) in [4.78, 5) is 2.79. The lowest BCUT2D eigenvalue weighted by molar-refractivity contribution is 0.397. The molecular weight excluding hydrogens is 152 g/mol. The van der Waals surface area contributed by atoms with Crippen LogP contribution < -0.4 is 0 Å². The van der Waals surface area contributed by atoms with E-state index in [0.717, 1.165) is 12.1 Å². The number of phenolic OH excluding ortho intramolecular Hbond substituents is 1. The lowest BCUT2D eigenvalue weighted by Crippen LogP contribution is -1.80. The third kappa shape index (κ3) is 1.27. The van der Waals surface area contributed by atoms with Crippen LogP contribution in [-0.2, 0) is 0 Å². The minimum absolute atomic E-state index is 0.169. The number of benzene rings is 1. The first-order valence-corrected chi connectivity index (χ1v) is 2.70. The van der Waals surface area contributed by atoms with Crippen LogP contribution in [0.25, 0.3) is 4.85 Å². The fourth-order valence-corrected chi connectivity index (χ4v) is 0.617. The third-order valence-corrected chi connectivity index (χ3v) is 1.13. The Morgan fingerprint density at radius 1 is 1.27 bits per heavy atom. The molecule has 56 valence electrons. The first-order valence-electron chi connectivity index (χ1n) is 2.70. The number of hydrogen-bond donors (Lipinski definition) is 1. The van der Waals surface area contributed by atoms with Gasteiger partial charge < -0.3 is 5.11 Å². The highest BCUT2D eigenvalue weighted by Gasteiger charge is 2.08. The molecule has 4 heteroatoms. The molecule has 0 radical (unpaired) electrons. The number of nitrogens with zero attached hydrogens (tertiary/aromatic N) is 1. The molecule has 0 aliphatic rings. The molecular formula is C7H3F2NO. The summed E-state index contributed by atoms with van der Waals surface area (Å²) in [6, 6.07) is 1.54. The Morgan fingerprint density at radius 3 is 2.09 bits per heavy atom. The van der Waals surface area contributed by atoms with E-state index >= 15 is 0 Å². The maximum Gasteiger partial charge on any atom is 0.193 e. The maximum atomic E-state index is 12.4. The molecule has 0 aliphatic carbocycles. The van der Waals surface area contributed by atoms with Gasteiger partial charge in [-0.3, -0.25) is 0 Å². The van der Waals surface area contributed by atoms with E-state index in [1.807, 2.05) is 0 Å². The van der Waals surface area contributed by atoms with Gasteiger partial charge in [-0.15, -0.1) is 0 Å². The van der Waals surface area contributed by atoms with Crippen molar-refractivity contribution in [1.29, 1.82) is 0 Å². The number of phenols is 1. The summed E-state index contributed by atoms with van der Waals surface area (Å²) in [6.07, 6.45) is 0. The predicted octanol–water partition coefficient (Wildman–Crippen LogP) is 2.22. The summed E-state index contributed by atoms with van der Waals surface area (Å²) < 4.78 is 24.8. The Labute approximate surface area is 61.5 Å². The van der Waals surface area contributed by atoms with Crippen molar-refractivity contribution in [2.24, 2.45) is 0 Å². The van der Waals surface area contributed by atoms with Crippen molar-refractivity contribution in [3.63, 3.8) is 0 Å². The summed E-state index contributed by atoms with van der Waals surface area (Å²) in [6.45, 7) is 6.42. The van der Waals surface area contributed by atoms with Crippen LogP contribution in [0.4, 0.5) is 14.5 Å². The van der Waals surface area contributed by atoms with E-state index < -0.39 is 17.4 Å². The Bertz CT molecular complexity index is 307. The van der Waals surface area contributed by atoms with Crippen molar-refractivity contribution in [2.75, 3.05) is 0 Å². The molecule has 0 unspecified atom stereocenters. The van der Waals surface area contributed by atoms with Gasteiger partial charge in [0.05, 0.1) is 6.57 Å². The SMILES string of the molecule is [C-]#[N+]c1cc(F)c(O)c(F)c1. The molecule has 0 bridgehead atoms. The summed E-state index contributed by atoms with van der Waals surface area (Å²) in [5, 5.41) is 8.57. The molecule has 0 heterocycles. The van der Waals surface area contributed by atoms with Gasteiger partial charge in [-0.05, 0) is 12.1 Å². The minimum Gasteiger partial charge on any atom is -0.503 e. The van der Waals surface area contributed by atoms with Crippen LogP contribution in [0, 0.1) is 18.2 Å². The predicted molar refractivity (Wildman–Crippen MR) is 34.3 cm³/mol. The maximum absolute atomic E-state index is 12.4. The molecule has 0 saturated carbocycles. The third-order valence-electron chi connectivity index (χ3n) is 1.13. The van der Waals surface area contributed by atoms with E-state index in [9.17, 15) is 8.78 Å². The molecule has 2 nitrogen and oxygen atoms in total. The molecule has 0 spiro atoms. The van der Waals surface area contributed by atoms with Crippen LogP contribution in [0.5, 0.6) is 5.75 Å². The average molecular weight is 155 g/mol. The van der Waals surface area contributed by atoms with Gasteiger partial charge in [-0.25, -0.2) is 13.6 Å². The molecule has 0 fully saturated rings. The Kier molecular flexibility index (Phi) is 1.73. The van der Waals surface area contributed by atoms with Crippen molar-refractivity contribution in [2.45, 2.75) is 0 Å². The van der Waals surface area contributed by atoms with Gasteiger partial charge in [0.1, 0.15) is 0 Å². The first-order chi connectivity index (χ1) is 5.15. The van der Waals surface area contributed by atoms with E-state index in [2.05, 4.69) is 4.85 Å². The molecule has 0 amide bonds. The van der Waals surface area contributed by atoms with Crippen molar-refractivity contribution in [3.8, 4) is 5.75 Å². The Morgan fingerprint density at radius 2 is 1.73 bits per heavy atom. The standard InChI is InChI=1S/C7H3F2NO/c1-10-4-2-5(8)7(11)6(9)3-4/h2-3,11H. The summed E-state index contributed by atoms with van der Waals surface area (Å²) in [7, 11) is 0. The monoisotopic (exact) mass is 155 g/mol. The second kappa shape index (κ2) is 2.54. The highest BCUT2D eigenvalue weighted by atomic mass is 19.1. The topological polar surface area (TPSA) is 24.6 Å².